The average Bonchev–Trinajstić information content (AvgIpc) is 3.77. The van der Waals surface area contributed by atoms with E-state index in [4.69, 9.17) is 19.1 Å². The number of pyridine rings is 1. The highest BCUT2D eigenvalue weighted by atomic mass is 16.5. The number of aryl methyl sites for hydroxylation is 1. The Morgan fingerprint density at radius 1 is 1.05 bits per heavy atom. The zero-order valence-corrected chi connectivity index (χ0v) is 23.3. The fraction of sp³-hybridized carbons (Fsp3) is 0.467. The van der Waals surface area contributed by atoms with E-state index in [1.807, 2.05) is 42.1 Å². The fourth-order valence-corrected chi connectivity index (χ4v) is 5.60. The molecule has 0 radical (unpaired) electrons. The van der Waals surface area contributed by atoms with Crippen molar-refractivity contribution >= 4 is 5.82 Å². The predicted molar refractivity (Wildman–Crippen MR) is 152 cm³/mol. The van der Waals surface area contributed by atoms with Gasteiger partial charge in [0, 0.05) is 63.7 Å². The Hall–Kier alpha value is -3.60. The summed E-state index contributed by atoms with van der Waals surface area (Å²) in [5, 5.41) is 12.4. The van der Waals surface area contributed by atoms with E-state index in [2.05, 4.69) is 43.5 Å². The van der Waals surface area contributed by atoms with Crippen molar-refractivity contribution in [1.82, 2.24) is 29.8 Å². The molecule has 0 saturated carbocycles. The van der Waals surface area contributed by atoms with E-state index >= 15 is 0 Å². The second-order valence-corrected chi connectivity index (χ2v) is 10.7. The maximum absolute atomic E-state index is 5.92. The summed E-state index contributed by atoms with van der Waals surface area (Å²) in [5.74, 6) is 1.83. The Morgan fingerprint density at radius 3 is 2.58 bits per heavy atom. The molecule has 6 rings (SSSR count). The molecule has 10 nitrogen and oxygen atoms in total. The zero-order valence-electron chi connectivity index (χ0n) is 23.3. The number of ether oxygens (including phenoxy) is 2. The molecule has 0 unspecified atom stereocenters. The largest absolute Gasteiger partial charge is 0.381 e. The smallest absolute Gasteiger partial charge is 0.278 e. The standard InChI is InChI=1S/C30H37N7O3/c1-22-19-26(34-37(22)21-23-5-10-27(32-20-23)31-13-16-36-14-3-4-15-36)29-33-28(35-40-29)24-6-8-25(9-7-24)30(38-2)11-17-39-18-12-30/h5-10,19-20H,3-4,11-18,21H2,1-2H3,(H,31,32). The van der Waals surface area contributed by atoms with E-state index in [0.717, 1.165) is 54.1 Å². The first-order valence-electron chi connectivity index (χ1n) is 14.2. The molecule has 0 aliphatic carbocycles. The summed E-state index contributed by atoms with van der Waals surface area (Å²) in [4.78, 5) is 11.7. The normalized spacial score (nSPS) is 17.4. The first kappa shape index (κ1) is 26.6. The first-order valence-corrected chi connectivity index (χ1v) is 14.2. The summed E-state index contributed by atoms with van der Waals surface area (Å²) in [6.07, 6.45) is 6.22. The third-order valence-corrected chi connectivity index (χ3v) is 8.08. The molecule has 2 saturated heterocycles. The van der Waals surface area contributed by atoms with Gasteiger partial charge in [0.05, 0.1) is 12.1 Å². The van der Waals surface area contributed by atoms with E-state index in [0.29, 0.717) is 37.2 Å². The molecular weight excluding hydrogens is 506 g/mol. The summed E-state index contributed by atoms with van der Waals surface area (Å²) < 4.78 is 19.0. The molecule has 210 valence electrons. The van der Waals surface area contributed by atoms with Crippen LogP contribution in [0.1, 0.15) is 42.5 Å². The highest BCUT2D eigenvalue weighted by molar-refractivity contribution is 5.58. The number of nitrogens with one attached hydrogen (secondary N) is 1. The van der Waals surface area contributed by atoms with Gasteiger partial charge in [0.2, 0.25) is 5.82 Å². The second kappa shape index (κ2) is 11.9. The number of methoxy groups -OCH3 is 1. The summed E-state index contributed by atoms with van der Waals surface area (Å²) in [6, 6.07) is 14.3. The van der Waals surface area contributed by atoms with Crippen LogP contribution in [0.2, 0.25) is 0 Å². The van der Waals surface area contributed by atoms with Crippen molar-refractivity contribution in [3.05, 3.63) is 65.5 Å². The third kappa shape index (κ3) is 5.79. The molecule has 4 aromatic rings. The molecule has 1 aromatic carbocycles. The lowest BCUT2D eigenvalue weighted by Crippen LogP contribution is -2.35. The van der Waals surface area contributed by atoms with Crippen LogP contribution in [0.3, 0.4) is 0 Å². The lowest BCUT2D eigenvalue weighted by atomic mass is 9.86. The Balaban J connectivity index is 1.09. The van der Waals surface area contributed by atoms with Crippen molar-refractivity contribution in [3.63, 3.8) is 0 Å². The summed E-state index contributed by atoms with van der Waals surface area (Å²) in [6.45, 7) is 8.44. The summed E-state index contributed by atoms with van der Waals surface area (Å²) in [5.41, 5.74) is 4.46. The molecule has 1 N–H and O–H groups in total. The minimum absolute atomic E-state index is 0.302. The lowest BCUT2D eigenvalue weighted by Gasteiger charge is -2.36. The minimum Gasteiger partial charge on any atom is -0.381 e. The van der Waals surface area contributed by atoms with E-state index in [9.17, 15) is 0 Å². The number of hydrogen-bond acceptors (Lipinski definition) is 9. The van der Waals surface area contributed by atoms with Crippen LogP contribution in [0.25, 0.3) is 23.0 Å². The molecule has 0 atom stereocenters. The van der Waals surface area contributed by atoms with Crippen LogP contribution < -0.4 is 5.32 Å². The number of nitrogens with zero attached hydrogens (tertiary/aromatic N) is 6. The van der Waals surface area contributed by atoms with Gasteiger partial charge >= 0.3 is 0 Å². The fourth-order valence-electron chi connectivity index (χ4n) is 5.60. The molecule has 2 fully saturated rings. The van der Waals surface area contributed by atoms with Crippen LogP contribution in [0.5, 0.6) is 0 Å². The van der Waals surface area contributed by atoms with Gasteiger partial charge in [0.25, 0.3) is 5.89 Å². The van der Waals surface area contributed by atoms with Crippen molar-refractivity contribution in [2.75, 3.05) is 51.8 Å². The molecule has 0 bridgehead atoms. The van der Waals surface area contributed by atoms with Gasteiger partial charge in [-0.05, 0) is 56.1 Å². The quantitative estimate of drug-likeness (QED) is 0.309. The summed E-state index contributed by atoms with van der Waals surface area (Å²) >= 11 is 0. The maximum atomic E-state index is 5.92. The van der Waals surface area contributed by atoms with Crippen molar-refractivity contribution in [2.45, 2.75) is 44.8 Å². The maximum Gasteiger partial charge on any atom is 0.278 e. The number of hydrogen-bond donors (Lipinski definition) is 1. The Bertz CT molecular complexity index is 1390. The molecule has 3 aromatic heterocycles. The molecule has 0 spiro atoms. The van der Waals surface area contributed by atoms with Crippen molar-refractivity contribution < 1.29 is 14.0 Å². The van der Waals surface area contributed by atoms with Crippen LogP contribution >= 0.6 is 0 Å². The third-order valence-electron chi connectivity index (χ3n) is 8.08. The minimum atomic E-state index is -0.302. The number of rotatable bonds is 10. The lowest BCUT2D eigenvalue weighted by molar-refractivity contribution is -0.0947. The van der Waals surface area contributed by atoms with Crippen LogP contribution in [-0.2, 0) is 21.6 Å². The monoisotopic (exact) mass is 543 g/mol. The van der Waals surface area contributed by atoms with Crippen molar-refractivity contribution in [1.29, 1.82) is 0 Å². The number of aromatic nitrogens is 5. The molecule has 0 amide bonds. The van der Waals surface area contributed by atoms with Gasteiger partial charge in [-0.2, -0.15) is 10.1 Å². The van der Waals surface area contributed by atoms with Crippen LogP contribution in [0.4, 0.5) is 5.82 Å². The number of benzene rings is 1. The van der Waals surface area contributed by atoms with Crippen molar-refractivity contribution in [2.24, 2.45) is 0 Å². The van der Waals surface area contributed by atoms with Crippen LogP contribution in [0, 0.1) is 6.92 Å². The van der Waals surface area contributed by atoms with Gasteiger partial charge < -0.3 is 24.2 Å². The molecule has 2 aliphatic heterocycles. The van der Waals surface area contributed by atoms with E-state index in [1.54, 1.807) is 7.11 Å². The van der Waals surface area contributed by atoms with Gasteiger partial charge in [0.15, 0.2) is 5.69 Å². The molecule has 2 aliphatic rings. The Labute approximate surface area is 234 Å². The van der Waals surface area contributed by atoms with E-state index in [1.165, 1.54) is 25.9 Å². The average molecular weight is 544 g/mol. The molecule has 40 heavy (non-hydrogen) atoms. The predicted octanol–water partition coefficient (Wildman–Crippen LogP) is 4.51. The number of likely N-dealkylation sites (tertiary alicyclic amines) is 1. The Morgan fingerprint density at radius 2 is 1.85 bits per heavy atom. The number of anilines is 1. The second-order valence-electron chi connectivity index (χ2n) is 10.7. The molecule has 10 heteroatoms. The first-order chi connectivity index (χ1) is 19.6. The highest BCUT2D eigenvalue weighted by Gasteiger charge is 2.34. The zero-order chi connectivity index (χ0) is 27.4. The van der Waals surface area contributed by atoms with Gasteiger partial charge in [-0.25, -0.2) is 4.98 Å². The van der Waals surface area contributed by atoms with Gasteiger partial charge in [-0.15, -0.1) is 0 Å². The van der Waals surface area contributed by atoms with Gasteiger partial charge in [-0.1, -0.05) is 35.5 Å². The van der Waals surface area contributed by atoms with Gasteiger partial charge in [-0.3, -0.25) is 4.68 Å². The topological polar surface area (TPSA) is 103 Å². The van der Waals surface area contributed by atoms with Gasteiger partial charge in [0.1, 0.15) is 5.82 Å². The molecule has 5 heterocycles. The highest BCUT2D eigenvalue weighted by Crippen LogP contribution is 2.36. The molecular formula is C30H37N7O3. The van der Waals surface area contributed by atoms with Crippen molar-refractivity contribution in [3.8, 4) is 23.0 Å². The van der Waals surface area contributed by atoms with E-state index in [-0.39, 0.29) is 5.60 Å². The van der Waals surface area contributed by atoms with Crippen LogP contribution in [0.15, 0.2) is 53.2 Å². The SMILES string of the molecule is COC1(c2ccc(-c3noc(-c4cc(C)n(Cc5ccc(NCCN6CCCC6)nc5)n4)n3)cc2)CCOCC1. The van der Waals surface area contributed by atoms with E-state index < -0.39 is 0 Å². The summed E-state index contributed by atoms with van der Waals surface area (Å²) in [7, 11) is 1.77. The Kier molecular flexibility index (Phi) is 7.90. The van der Waals surface area contributed by atoms with Crippen LogP contribution in [-0.4, -0.2) is 76.3 Å².